The van der Waals surface area contributed by atoms with Crippen LogP contribution in [0.1, 0.15) is 0 Å². The monoisotopic (exact) mass is 288 g/mol. The van der Waals surface area contributed by atoms with Gasteiger partial charge in [-0.2, -0.15) is 0 Å². The summed E-state index contributed by atoms with van der Waals surface area (Å²) in [5.41, 5.74) is 4.31. The molecule has 0 aliphatic rings. The Morgan fingerprint density at radius 3 is 2.32 bits per heavy atom. The quantitative estimate of drug-likeness (QED) is 0.421. The van der Waals surface area contributed by atoms with Gasteiger partial charge >= 0.3 is 0 Å². The summed E-state index contributed by atoms with van der Waals surface area (Å²) in [6, 6.07) is 20.9. The van der Waals surface area contributed by atoms with Crippen LogP contribution < -0.4 is 0 Å². The Balaban J connectivity index is 2.00. The Labute approximate surface area is 126 Å². The molecule has 0 spiro atoms. The Hall–Kier alpha value is -3.14. The van der Waals surface area contributed by atoms with Gasteiger partial charge in [-0.25, -0.2) is 0 Å². The zero-order valence-corrected chi connectivity index (χ0v) is 11.6. The van der Waals surface area contributed by atoms with Gasteiger partial charge in [0, 0.05) is 33.9 Å². The lowest BCUT2D eigenvalue weighted by Gasteiger charge is -2.04. The van der Waals surface area contributed by atoms with E-state index in [4.69, 9.17) is 0 Å². The minimum absolute atomic E-state index is 0.106. The van der Waals surface area contributed by atoms with Crippen molar-refractivity contribution in [1.29, 1.82) is 0 Å². The molecule has 4 rings (SSSR count). The van der Waals surface area contributed by atoms with E-state index in [2.05, 4.69) is 17.1 Å². The minimum Gasteiger partial charge on any atom is -0.354 e. The van der Waals surface area contributed by atoms with E-state index in [0.29, 0.717) is 0 Å². The first-order valence-corrected chi connectivity index (χ1v) is 6.98. The zero-order valence-electron chi connectivity index (χ0n) is 11.6. The van der Waals surface area contributed by atoms with E-state index in [1.807, 2.05) is 30.3 Å². The summed E-state index contributed by atoms with van der Waals surface area (Å²) in [7, 11) is 0. The van der Waals surface area contributed by atoms with Crippen molar-refractivity contribution in [3.63, 3.8) is 0 Å². The summed E-state index contributed by atoms with van der Waals surface area (Å²) in [4.78, 5) is 13.8. The number of fused-ring (bicyclic) bond motifs is 3. The number of nitrogens with zero attached hydrogens (tertiary/aromatic N) is 1. The van der Waals surface area contributed by atoms with Crippen molar-refractivity contribution < 1.29 is 4.92 Å². The lowest BCUT2D eigenvalue weighted by Crippen LogP contribution is -1.87. The van der Waals surface area contributed by atoms with E-state index in [0.717, 1.165) is 32.9 Å². The van der Waals surface area contributed by atoms with Crippen LogP contribution in [0.5, 0.6) is 0 Å². The fourth-order valence-electron chi connectivity index (χ4n) is 2.91. The molecule has 22 heavy (non-hydrogen) atoms. The third kappa shape index (κ3) is 1.85. The molecule has 3 aromatic carbocycles. The third-order valence-electron chi connectivity index (χ3n) is 3.92. The zero-order chi connectivity index (χ0) is 15.1. The largest absolute Gasteiger partial charge is 0.354 e. The maximum atomic E-state index is 10.8. The highest BCUT2D eigenvalue weighted by Gasteiger charge is 2.11. The van der Waals surface area contributed by atoms with Crippen LogP contribution in [0.25, 0.3) is 32.9 Å². The summed E-state index contributed by atoms with van der Waals surface area (Å²) in [6.07, 6.45) is 0. The molecular formula is C18H12N2O2. The van der Waals surface area contributed by atoms with Gasteiger partial charge in [-0.15, -0.1) is 0 Å². The maximum absolute atomic E-state index is 10.8. The standard InChI is InChI=1S/C18H12N2O2/c21-20(22)13-10-8-12(9-11-13)14-5-3-7-17-18(14)15-4-1-2-6-16(15)19-17/h1-11,19H. The van der Waals surface area contributed by atoms with Crippen LogP contribution in [0.4, 0.5) is 5.69 Å². The number of hydrogen-bond acceptors (Lipinski definition) is 2. The van der Waals surface area contributed by atoms with E-state index in [9.17, 15) is 10.1 Å². The predicted octanol–water partition coefficient (Wildman–Crippen LogP) is 4.90. The van der Waals surface area contributed by atoms with E-state index in [1.54, 1.807) is 24.3 Å². The number of nitro benzene ring substituents is 1. The van der Waals surface area contributed by atoms with Gasteiger partial charge in [0.05, 0.1) is 4.92 Å². The van der Waals surface area contributed by atoms with Crippen LogP contribution >= 0.6 is 0 Å². The van der Waals surface area contributed by atoms with E-state index >= 15 is 0 Å². The molecule has 0 atom stereocenters. The molecule has 4 heteroatoms. The van der Waals surface area contributed by atoms with Gasteiger partial charge < -0.3 is 4.98 Å². The number of H-pyrrole nitrogens is 1. The predicted molar refractivity (Wildman–Crippen MR) is 87.9 cm³/mol. The first-order valence-electron chi connectivity index (χ1n) is 6.98. The molecule has 0 aliphatic heterocycles. The molecule has 4 aromatic rings. The van der Waals surface area contributed by atoms with Crippen LogP contribution in [0, 0.1) is 10.1 Å². The topological polar surface area (TPSA) is 58.9 Å². The fraction of sp³-hybridized carbons (Fsp3) is 0. The number of rotatable bonds is 2. The Morgan fingerprint density at radius 2 is 1.55 bits per heavy atom. The van der Waals surface area contributed by atoms with E-state index in [1.165, 1.54) is 0 Å². The lowest BCUT2D eigenvalue weighted by molar-refractivity contribution is -0.384. The van der Waals surface area contributed by atoms with Crippen LogP contribution in [0.15, 0.2) is 66.7 Å². The average Bonchev–Trinajstić information content (AvgIpc) is 2.93. The van der Waals surface area contributed by atoms with Crippen molar-refractivity contribution in [3.05, 3.63) is 76.8 Å². The number of nitro groups is 1. The van der Waals surface area contributed by atoms with E-state index < -0.39 is 0 Å². The summed E-state index contributed by atoms with van der Waals surface area (Å²) < 4.78 is 0. The smallest absolute Gasteiger partial charge is 0.269 e. The lowest BCUT2D eigenvalue weighted by atomic mass is 9.99. The molecule has 1 N–H and O–H groups in total. The Bertz CT molecular complexity index is 1000. The summed E-state index contributed by atoms with van der Waals surface area (Å²) in [6.45, 7) is 0. The molecule has 0 saturated carbocycles. The molecule has 1 heterocycles. The van der Waals surface area contributed by atoms with Gasteiger partial charge in [0.1, 0.15) is 0 Å². The third-order valence-corrected chi connectivity index (χ3v) is 3.92. The molecular weight excluding hydrogens is 276 g/mol. The highest BCUT2D eigenvalue weighted by Crippen LogP contribution is 2.34. The van der Waals surface area contributed by atoms with Crippen molar-refractivity contribution in [2.24, 2.45) is 0 Å². The van der Waals surface area contributed by atoms with Crippen molar-refractivity contribution in [1.82, 2.24) is 4.98 Å². The van der Waals surface area contributed by atoms with Gasteiger partial charge in [-0.1, -0.05) is 30.3 Å². The number of aromatic amines is 1. The van der Waals surface area contributed by atoms with Gasteiger partial charge in [0.15, 0.2) is 0 Å². The second-order valence-corrected chi connectivity index (χ2v) is 5.20. The number of aromatic nitrogens is 1. The molecule has 106 valence electrons. The maximum Gasteiger partial charge on any atom is 0.269 e. The van der Waals surface area contributed by atoms with Crippen LogP contribution in [0.2, 0.25) is 0 Å². The van der Waals surface area contributed by atoms with Crippen LogP contribution in [-0.4, -0.2) is 9.91 Å². The molecule has 0 unspecified atom stereocenters. The minimum atomic E-state index is -0.379. The normalized spacial score (nSPS) is 11.1. The number of nitrogens with one attached hydrogen (secondary N) is 1. The van der Waals surface area contributed by atoms with Crippen molar-refractivity contribution in [2.45, 2.75) is 0 Å². The highest BCUT2D eigenvalue weighted by atomic mass is 16.6. The molecule has 1 aromatic heterocycles. The second kappa shape index (κ2) is 4.70. The van der Waals surface area contributed by atoms with Crippen molar-refractivity contribution in [3.8, 4) is 11.1 Å². The van der Waals surface area contributed by atoms with Gasteiger partial charge in [0.25, 0.3) is 5.69 Å². The molecule has 0 aliphatic carbocycles. The first kappa shape index (κ1) is 12.6. The first-order chi connectivity index (χ1) is 10.7. The summed E-state index contributed by atoms with van der Waals surface area (Å²) in [5.74, 6) is 0. The number of benzene rings is 3. The van der Waals surface area contributed by atoms with Crippen molar-refractivity contribution >= 4 is 27.5 Å². The SMILES string of the molecule is O=[N+]([O-])c1ccc(-c2cccc3[nH]c4ccccc4c23)cc1. The molecule has 4 nitrogen and oxygen atoms in total. The van der Waals surface area contributed by atoms with E-state index in [-0.39, 0.29) is 10.6 Å². The number of hydrogen-bond donors (Lipinski definition) is 1. The van der Waals surface area contributed by atoms with Crippen LogP contribution in [0.3, 0.4) is 0 Å². The Kier molecular flexibility index (Phi) is 2.69. The van der Waals surface area contributed by atoms with Gasteiger partial charge in [-0.3, -0.25) is 10.1 Å². The number of para-hydroxylation sites is 1. The fourth-order valence-corrected chi connectivity index (χ4v) is 2.91. The molecule has 0 saturated heterocycles. The Morgan fingerprint density at radius 1 is 0.818 bits per heavy atom. The second-order valence-electron chi connectivity index (χ2n) is 5.20. The summed E-state index contributed by atoms with van der Waals surface area (Å²) in [5, 5.41) is 13.1. The van der Waals surface area contributed by atoms with Crippen molar-refractivity contribution in [2.75, 3.05) is 0 Å². The highest BCUT2D eigenvalue weighted by molar-refractivity contribution is 6.14. The van der Waals surface area contributed by atoms with Crippen LogP contribution in [-0.2, 0) is 0 Å². The van der Waals surface area contributed by atoms with Gasteiger partial charge in [0.2, 0.25) is 0 Å². The molecule has 0 radical (unpaired) electrons. The molecule has 0 amide bonds. The molecule has 0 bridgehead atoms. The summed E-state index contributed by atoms with van der Waals surface area (Å²) >= 11 is 0. The average molecular weight is 288 g/mol. The van der Waals surface area contributed by atoms with Gasteiger partial charge in [-0.05, 0) is 35.4 Å². The molecule has 0 fully saturated rings. The number of non-ortho nitro benzene ring substituents is 1.